The molecule has 0 spiro atoms. The third-order valence-corrected chi connectivity index (χ3v) is 4.08. The van der Waals surface area contributed by atoms with Gasteiger partial charge in [-0.2, -0.15) is 0 Å². The van der Waals surface area contributed by atoms with E-state index in [2.05, 4.69) is 10.3 Å². The van der Waals surface area contributed by atoms with Gasteiger partial charge in [0.1, 0.15) is 0 Å². The zero-order valence-corrected chi connectivity index (χ0v) is 12.2. The van der Waals surface area contributed by atoms with Gasteiger partial charge in [-0.1, -0.05) is 18.2 Å². The molecule has 5 heteroatoms. The number of nitrogens with two attached hydrogens (primary N) is 1. The van der Waals surface area contributed by atoms with Crippen molar-refractivity contribution in [1.82, 2.24) is 4.98 Å². The SMILES string of the molecule is Nc1ccccc1CCC(=O)Nc1ccc2ncsc2c1. The molecule has 3 rings (SSSR count). The number of aryl methyl sites for hydroxylation is 1. The second-order valence-corrected chi connectivity index (χ2v) is 5.67. The fourth-order valence-electron chi connectivity index (χ4n) is 2.17. The highest BCUT2D eigenvalue weighted by molar-refractivity contribution is 7.16. The number of hydrogen-bond donors (Lipinski definition) is 2. The Morgan fingerprint density at radius 1 is 1.24 bits per heavy atom. The number of nitrogens with one attached hydrogen (secondary N) is 1. The highest BCUT2D eigenvalue weighted by Gasteiger charge is 2.06. The molecule has 0 saturated carbocycles. The third kappa shape index (κ3) is 3.20. The summed E-state index contributed by atoms with van der Waals surface area (Å²) >= 11 is 1.56. The minimum absolute atomic E-state index is 0.0119. The number of anilines is 2. The number of fused-ring (bicyclic) bond motifs is 1. The molecule has 21 heavy (non-hydrogen) atoms. The molecule has 1 heterocycles. The first kappa shape index (κ1) is 13.6. The van der Waals surface area contributed by atoms with Gasteiger partial charge in [-0.25, -0.2) is 4.98 Å². The van der Waals surface area contributed by atoms with Crippen LogP contribution in [0.3, 0.4) is 0 Å². The monoisotopic (exact) mass is 297 g/mol. The van der Waals surface area contributed by atoms with Crippen molar-refractivity contribution in [2.45, 2.75) is 12.8 Å². The van der Waals surface area contributed by atoms with E-state index < -0.39 is 0 Å². The number of hydrogen-bond acceptors (Lipinski definition) is 4. The third-order valence-electron chi connectivity index (χ3n) is 3.29. The summed E-state index contributed by atoms with van der Waals surface area (Å²) in [5, 5.41) is 2.91. The Balaban J connectivity index is 1.62. The number of thiazole rings is 1. The minimum Gasteiger partial charge on any atom is -0.399 e. The number of benzene rings is 2. The summed E-state index contributed by atoms with van der Waals surface area (Å²) in [6.07, 6.45) is 1.05. The highest BCUT2D eigenvalue weighted by Crippen LogP contribution is 2.22. The predicted molar refractivity (Wildman–Crippen MR) is 87.4 cm³/mol. The summed E-state index contributed by atoms with van der Waals surface area (Å²) in [6, 6.07) is 13.4. The van der Waals surface area contributed by atoms with Crippen LogP contribution in [0.1, 0.15) is 12.0 Å². The molecule has 0 radical (unpaired) electrons. The number of carbonyl (C=O) groups excluding carboxylic acids is 1. The normalized spacial score (nSPS) is 10.7. The van der Waals surface area contributed by atoms with Crippen molar-refractivity contribution >= 4 is 38.8 Å². The van der Waals surface area contributed by atoms with Gasteiger partial charge in [-0.3, -0.25) is 4.79 Å². The van der Waals surface area contributed by atoms with Crippen molar-refractivity contribution in [3.63, 3.8) is 0 Å². The smallest absolute Gasteiger partial charge is 0.224 e. The van der Waals surface area contributed by atoms with E-state index in [1.807, 2.05) is 42.5 Å². The maximum Gasteiger partial charge on any atom is 0.224 e. The number of amides is 1. The van der Waals surface area contributed by atoms with Crippen LogP contribution in [0.5, 0.6) is 0 Å². The summed E-state index contributed by atoms with van der Waals surface area (Å²) in [6.45, 7) is 0. The van der Waals surface area contributed by atoms with E-state index in [9.17, 15) is 4.79 Å². The van der Waals surface area contributed by atoms with Gasteiger partial charge in [0.05, 0.1) is 15.7 Å². The molecule has 106 valence electrons. The molecular weight excluding hydrogens is 282 g/mol. The number of nitrogens with zero attached hydrogens (tertiary/aromatic N) is 1. The fourth-order valence-corrected chi connectivity index (χ4v) is 2.88. The molecule has 2 aromatic carbocycles. The zero-order chi connectivity index (χ0) is 14.7. The Morgan fingerprint density at radius 3 is 2.95 bits per heavy atom. The molecule has 0 saturated heterocycles. The summed E-state index contributed by atoms with van der Waals surface area (Å²) in [5.41, 5.74) is 11.2. The molecular formula is C16H15N3OS. The van der Waals surface area contributed by atoms with Gasteiger partial charge in [0.25, 0.3) is 0 Å². The van der Waals surface area contributed by atoms with Crippen LogP contribution in [0.25, 0.3) is 10.2 Å². The van der Waals surface area contributed by atoms with Crippen molar-refractivity contribution in [3.8, 4) is 0 Å². The Labute approximate surface area is 126 Å². The number of para-hydroxylation sites is 1. The Hall–Kier alpha value is -2.40. The lowest BCUT2D eigenvalue weighted by Crippen LogP contribution is -2.12. The van der Waals surface area contributed by atoms with Crippen LogP contribution in [0, 0.1) is 0 Å². The molecule has 4 nitrogen and oxygen atoms in total. The number of nitrogen functional groups attached to an aromatic ring is 1. The van der Waals surface area contributed by atoms with Crippen LogP contribution in [-0.2, 0) is 11.2 Å². The molecule has 0 bridgehead atoms. The molecule has 1 amide bonds. The lowest BCUT2D eigenvalue weighted by Gasteiger charge is -2.07. The van der Waals surface area contributed by atoms with Crippen LogP contribution in [-0.4, -0.2) is 10.9 Å². The molecule has 0 unspecified atom stereocenters. The molecule has 0 aliphatic rings. The molecule has 0 aliphatic heterocycles. The van der Waals surface area contributed by atoms with Gasteiger partial charge >= 0.3 is 0 Å². The van der Waals surface area contributed by atoms with Gasteiger partial charge in [0, 0.05) is 17.8 Å². The first-order valence-electron chi connectivity index (χ1n) is 6.69. The van der Waals surface area contributed by atoms with E-state index in [4.69, 9.17) is 5.73 Å². The second kappa shape index (κ2) is 5.93. The summed E-state index contributed by atoms with van der Waals surface area (Å²) in [5.74, 6) is -0.0119. The summed E-state index contributed by atoms with van der Waals surface area (Å²) in [7, 11) is 0. The van der Waals surface area contributed by atoms with Crippen molar-refractivity contribution in [2.24, 2.45) is 0 Å². The van der Waals surface area contributed by atoms with Gasteiger partial charge in [-0.15, -0.1) is 11.3 Å². The van der Waals surface area contributed by atoms with Crippen LogP contribution in [0.15, 0.2) is 48.0 Å². The van der Waals surface area contributed by atoms with E-state index >= 15 is 0 Å². The summed E-state index contributed by atoms with van der Waals surface area (Å²) < 4.78 is 1.07. The Morgan fingerprint density at radius 2 is 2.10 bits per heavy atom. The van der Waals surface area contributed by atoms with Crippen LogP contribution in [0.2, 0.25) is 0 Å². The standard InChI is InChI=1S/C16H15N3OS/c17-13-4-2-1-3-11(13)5-8-16(20)19-12-6-7-14-15(9-12)21-10-18-14/h1-4,6-7,9-10H,5,8,17H2,(H,19,20). The molecule has 1 aromatic heterocycles. The van der Waals surface area contributed by atoms with E-state index in [0.29, 0.717) is 12.8 Å². The van der Waals surface area contributed by atoms with E-state index in [-0.39, 0.29) is 5.91 Å². The highest BCUT2D eigenvalue weighted by atomic mass is 32.1. The lowest BCUT2D eigenvalue weighted by atomic mass is 10.1. The minimum atomic E-state index is -0.0119. The van der Waals surface area contributed by atoms with Crippen LogP contribution < -0.4 is 11.1 Å². The number of aromatic nitrogens is 1. The van der Waals surface area contributed by atoms with Crippen molar-refractivity contribution in [2.75, 3.05) is 11.1 Å². The van der Waals surface area contributed by atoms with Crippen LogP contribution in [0.4, 0.5) is 11.4 Å². The summed E-state index contributed by atoms with van der Waals surface area (Å²) in [4.78, 5) is 16.2. The van der Waals surface area contributed by atoms with Gasteiger partial charge in [-0.05, 0) is 36.2 Å². The average Bonchev–Trinajstić information content (AvgIpc) is 2.94. The molecule has 0 aliphatic carbocycles. The molecule has 0 fully saturated rings. The molecule has 3 aromatic rings. The van der Waals surface area contributed by atoms with E-state index in [1.54, 1.807) is 16.8 Å². The van der Waals surface area contributed by atoms with Gasteiger partial charge < -0.3 is 11.1 Å². The predicted octanol–water partition coefficient (Wildman–Crippen LogP) is 3.45. The molecule has 3 N–H and O–H groups in total. The average molecular weight is 297 g/mol. The van der Waals surface area contributed by atoms with E-state index in [1.165, 1.54) is 0 Å². The Kier molecular flexibility index (Phi) is 3.83. The molecule has 0 atom stereocenters. The van der Waals surface area contributed by atoms with Gasteiger partial charge in [0.15, 0.2) is 0 Å². The van der Waals surface area contributed by atoms with Crippen molar-refractivity contribution in [1.29, 1.82) is 0 Å². The maximum atomic E-state index is 12.0. The van der Waals surface area contributed by atoms with Crippen molar-refractivity contribution < 1.29 is 4.79 Å². The zero-order valence-electron chi connectivity index (χ0n) is 11.4. The van der Waals surface area contributed by atoms with Crippen LogP contribution >= 0.6 is 11.3 Å². The maximum absolute atomic E-state index is 12.0. The van der Waals surface area contributed by atoms with Gasteiger partial charge in [0.2, 0.25) is 5.91 Å². The largest absolute Gasteiger partial charge is 0.399 e. The Bertz CT molecular complexity index is 782. The first-order valence-corrected chi connectivity index (χ1v) is 7.57. The number of carbonyl (C=O) groups is 1. The second-order valence-electron chi connectivity index (χ2n) is 4.78. The lowest BCUT2D eigenvalue weighted by molar-refractivity contribution is -0.116. The number of rotatable bonds is 4. The van der Waals surface area contributed by atoms with E-state index in [0.717, 1.165) is 27.2 Å². The first-order chi connectivity index (χ1) is 10.2. The topological polar surface area (TPSA) is 68.0 Å². The fraction of sp³-hybridized carbons (Fsp3) is 0.125. The quantitative estimate of drug-likeness (QED) is 0.725. The van der Waals surface area contributed by atoms with Crippen molar-refractivity contribution in [3.05, 3.63) is 53.5 Å².